The van der Waals surface area contributed by atoms with Crippen LogP contribution < -0.4 is 10.6 Å². The van der Waals surface area contributed by atoms with E-state index in [1.165, 1.54) is 6.92 Å². The molecular formula is C12H23N3O4. The minimum atomic E-state index is -0.971. The Hall–Kier alpha value is -1.63. The summed E-state index contributed by atoms with van der Waals surface area (Å²) in [5.74, 6) is -1.39. The largest absolute Gasteiger partial charge is 0.480 e. The number of amides is 2. The Bertz CT molecular complexity index is 336. The SMILES string of the molecule is CC(=O)NCCNC(=O)CN(CC(=O)O)C(C)(C)C. The molecule has 2 amide bonds. The molecule has 0 aromatic carbocycles. The lowest BCUT2D eigenvalue weighted by atomic mass is 10.1. The van der Waals surface area contributed by atoms with E-state index in [9.17, 15) is 14.4 Å². The number of carboxylic acid groups (broad SMARTS) is 1. The molecule has 0 heterocycles. The summed E-state index contributed by atoms with van der Waals surface area (Å²) < 4.78 is 0. The predicted octanol–water partition coefficient (Wildman–Crippen LogP) is -0.576. The van der Waals surface area contributed by atoms with E-state index in [4.69, 9.17) is 5.11 Å². The zero-order chi connectivity index (χ0) is 15.1. The van der Waals surface area contributed by atoms with Gasteiger partial charge in [-0.25, -0.2) is 0 Å². The lowest BCUT2D eigenvalue weighted by molar-refractivity contribution is -0.140. The second kappa shape index (κ2) is 7.73. The standard InChI is InChI=1S/C12H23N3O4/c1-9(16)13-5-6-14-10(17)7-15(8-11(18)19)12(2,3)4/h5-8H2,1-4H3,(H,13,16)(H,14,17)(H,18,19). The fourth-order valence-corrected chi connectivity index (χ4v) is 1.36. The Labute approximate surface area is 113 Å². The third-order valence-electron chi connectivity index (χ3n) is 2.43. The molecule has 0 fully saturated rings. The van der Waals surface area contributed by atoms with Crippen molar-refractivity contribution in [1.82, 2.24) is 15.5 Å². The summed E-state index contributed by atoms with van der Waals surface area (Å²) in [6, 6.07) is 0. The number of carbonyl (C=O) groups is 3. The Morgan fingerprint density at radius 3 is 2.00 bits per heavy atom. The van der Waals surface area contributed by atoms with E-state index in [1.807, 2.05) is 20.8 Å². The van der Waals surface area contributed by atoms with E-state index >= 15 is 0 Å². The van der Waals surface area contributed by atoms with Crippen molar-refractivity contribution in [1.29, 1.82) is 0 Å². The number of hydrogen-bond donors (Lipinski definition) is 3. The average molecular weight is 273 g/mol. The number of nitrogens with one attached hydrogen (secondary N) is 2. The fourth-order valence-electron chi connectivity index (χ4n) is 1.36. The van der Waals surface area contributed by atoms with Gasteiger partial charge in [-0.05, 0) is 20.8 Å². The molecule has 0 rings (SSSR count). The predicted molar refractivity (Wildman–Crippen MR) is 70.7 cm³/mol. The highest BCUT2D eigenvalue weighted by molar-refractivity contribution is 5.79. The van der Waals surface area contributed by atoms with Crippen LogP contribution in [0.1, 0.15) is 27.7 Å². The highest BCUT2D eigenvalue weighted by atomic mass is 16.4. The van der Waals surface area contributed by atoms with Crippen molar-refractivity contribution in [3.63, 3.8) is 0 Å². The monoisotopic (exact) mass is 273 g/mol. The second-order valence-electron chi connectivity index (χ2n) is 5.25. The van der Waals surface area contributed by atoms with Gasteiger partial charge in [0.1, 0.15) is 0 Å². The zero-order valence-corrected chi connectivity index (χ0v) is 11.9. The second-order valence-corrected chi connectivity index (χ2v) is 5.25. The summed E-state index contributed by atoms with van der Waals surface area (Å²) in [5.41, 5.74) is -0.409. The maximum absolute atomic E-state index is 11.7. The number of rotatable bonds is 7. The highest BCUT2D eigenvalue weighted by Gasteiger charge is 2.25. The molecule has 0 aliphatic carbocycles. The van der Waals surface area contributed by atoms with Gasteiger partial charge in [0.2, 0.25) is 11.8 Å². The number of carbonyl (C=O) groups excluding carboxylic acids is 2. The minimum absolute atomic E-state index is 0.00979. The van der Waals surface area contributed by atoms with Crippen LogP contribution in [0.25, 0.3) is 0 Å². The van der Waals surface area contributed by atoms with Crippen LogP contribution in [0, 0.1) is 0 Å². The number of hydrogen-bond acceptors (Lipinski definition) is 4. The molecule has 0 aromatic heterocycles. The smallest absolute Gasteiger partial charge is 0.317 e. The molecule has 0 spiro atoms. The maximum atomic E-state index is 11.7. The van der Waals surface area contributed by atoms with Crippen LogP contribution in [0.2, 0.25) is 0 Å². The van der Waals surface area contributed by atoms with Gasteiger partial charge in [-0.15, -0.1) is 0 Å². The zero-order valence-electron chi connectivity index (χ0n) is 11.9. The summed E-state index contributed by atoms with van der Waals surface area (Å²) in [5, 5.41) is 14.0. The van der Waals surface area contributed by atoms with Crippen LogP contribution >= 0.6 is 0 Å². The van der Waals surface area contributed by atoms with E-state index in [2.05, 4.69) is 10.6 Å². The van der Waals surface area contributed by atoms with Crippen LogP contribution in [0.3, 0.4) is 0 Å². The Morgan fingerprint density at radius 1 is 1.05 bits per heavy atom. The van der Waals surface area contributed by atoms with Gasteiger partial charge in [-0.3, -0.25) is 19.3 Å². The van der Waals surface area contributed by atoms with Gasteiger partial charge in [0.25, 0.3) is 0 Å². The topological polar surface area (TPSA) is 98.7 Å². The van der Waals surface area contributed by atoms with Crippen molar-refractivity contribution in [3.8, 4) is 0 Å². The Morgan fingerprint density at radius 2 is 1.58 bits per heavy atom. The van der Waals surface area contributed by atoms with Gasteiger partial charge in [-0.2, -0.15) is 0 Å². The van der Waals surface area contributed by atoms with Crippen LogP contribution in [-0.4, -0.2) is 59.5 Å². The van der Waals surface area contributed by atoms with Gasteiger partial charge in [-0.1, -0.05) is 0 Å². The molecule has 0 bridgehead atoms. The summed E-state index contributed by atoms with van der Waals surface area (Å²) >= 11 is 0. The van der Waals surface area contributed by atoms with Crippen molar-refractivity contribution in [3.05, 3.63) is 0 Å². The van der Waals surface area contributed by atoms with E-state index in [-0.39, 0.29) is 24.9 Å². The summed E-state index contributed by atoms with van der Waals surface area (Å²) in [7, 11) is 0. The van der Waals surface area contributed by atoms with E-state index in [0.29, 0.717) is 13.1 Å². The molecule has 19 heavy (non-hydrogen) atoms. The summed E-state index contributed by atoms with van der Waals surface area (Å²) in [6.45, 7) is 7.44. The fraction of sp³-hybridized carbons (Fsp3) is 0.750. The molecule has 0 aliphatic heterocycles. The van der Waals surface area contributed by atoms with Gasteiger partial charge < -0.3 is 15.7 Å². The first-order chi connectivity index (χ1) is 8.62. The third-order valence-corrected chi connectivity index (χ3v) is 2.43. The lowest BCUT2D eigenvalue weighted by Gasteiger charge is -2.33. The summed E-state index contributed by atoms with van der Waals surface area (Å²) in [4.78, 5) is 34.6. The first-order valence-electron chi connectivity index (χ1n) is 6.11. The van der Waals surface area contributed by atoms with Crippen LogP contribution in [0.5, 0.6) is 0 Å². The average Bonchev–Trinajstić information content (AvgIpc) is 2.21. The van der Waals surface area contributed by atoms with E-state index in [1.54, 1.807) is 4.90 Å². The van der Waals surface area contributed by atoms with Gasteiger partial charge in [0.15, 0.2) is 0 Å². The van der Waals surface area contributed by atoms with Gasteiger partial charge >= 0.3 is 5.97 Å². The van der Waals surface area contributed by atoms with Gasteiger partial charge in [0.05, 0.1) is 13.1 Å². The van der Waals surface area contributed by atoms with Crippen molar-refractivity contribution < 1.29 is 19.5 Å². The third kappa shape index (κ3) is 9.01. The summed E-state index contributed by atoms with van der Waals surface area (Å²) in [6.07, 6.45) is 0. The van der Waals surface area contributed by atoms with Crippen LogP contribution in [0.4, 0.5) is 0 Å². The molecule has 0 atom stereocenters. The molecule has 0 unspecified atom stereocenters. The first-order valence-corrected chi connectivity index (χ1v) is 6.11. The number of nitrogens with zero attached hydrogens (tertiary/aromatic N) is 1. The van der Waals surface area contributed by atoms with E-state index in [0.717, 1.165) is 0 Å². The van der Waals surface area contributed by atoms with Gasteiger partial charge in [0, 0.05) is 25.6 Å². The molecule has 0 saturated heterocycles. The van der Waals surface area contributed by atoms with Crippen molar-refractivity contribution in [2.75, 3.05) is 26.2 Å². The molecule has 110 valence electrons. The molecule has 0 saturated carbocycles. The van der Waals surface area contributed by atoms with Crippen molar-refractivity contribution in [2.45, 2.75) is 33.2 Å². The maximum Gasteiger partial charge on any atom is 0.317 e. The molecular weight excluding hydrogens is 250 g/mol. The molecule has 3 N–H and O–H groups in total. The Balaban J connectivity index is 4.17. The molecule has 0 radical (unpaired) electrons. The normalized spacial score (nSPS) is 11.2. The number of carboxylic acids is 1. The van der Waals surface area contributed by atoms with Crippen LogP contribution in [-0.2, 0) is 14.4 Å². The quantitative estimate of drug-likeness (QED) is 0.539. The number of aliphatic carboxylic acids is 1. The molecule has 7 nitrogen and oxygen atoms in total. The molecule has 7 heteroatoms. The molecule has 0 aromatic rings. The lowest BCUT2D eigenvalue weighted by Crippen LogP contribution is -2.50. The van der Waals surface area contributed by atoms with E-state index < -0.39 is 11.5 Å². The highest BCUT2D eigenvalue weighted by Crippen LogP contribution is 2.11. The van der Waals surface area contributed by atoms with Crippen molar-refractivity contribution >= 4 is 17.8 Å². The Kier molecular flexibility index (Phi) is 7.06. The minimum Gasteiger partial charge on any atom is -0.480 e. The van der Waals surface area contributed by atoms with Crippen molar-refractivity contribution in [2.24, 2.45) is 0 Å². The van der Waals surface area contributed by atoms with Crippen LogP contribution in [0.15, 0.2) is 0 Å². The first kappa shape index (κ1) is 17.4. The molecule has 0 aliphatic rings.